The monoisotopic (exact) mass is 192 g/mol. The van der Waals surface area contributed by atoms with Gasteiger partial charge in [-0.1, -0.05) is 11.8 Å². The average molecular weight is 192 g/mol. The molecule has 1 aromatic rings. The lowest BCUT2D eigenvalue weighted by atomic mass is 10.2. The molecular formula is C8H8N4O2. The maximum Gasteiger partial charge on any atom is 0.288 e. The fraction of sp³-hybridized carbons (Fsp3) is 0.125. The second kappa shape index (κ2) is 4.20. The van der Waals surface area contributed by atoms with E-state index < -0.39 is 4.92 Å². The molecule has 0 amide bonds. The van der Waals surface area contributed by atoms with Crippen molar-refractivity contribution in [3.05, 3.63) is 27.9 Å². The van der Waals surface area contributed by atoms with Gasteiger partial charge in [-0.25, -0.2) is 4.98 Å². The lowest BCUT2D eigenvalue weighted by molar-refractivity contribution is -0.385. The molecule has 6 heteroatoms. The van der Waals surface area contributed by atoms with E-state index in [-0.39, 0.29) is 18.1 Å². The molecule has 6 nitrogen and oxygen atoms in total. The van der Waals surface area contributed by atoms with E-state index in [0.29, 0.717) is 5.56 Å². The molecule has 4 N–H and O–H groups in total. The molecule has 1 heterocycles. The van der Waals surface area contributed by atoms with Crippen LogP contribution in [0, 0.1) is 22.0 Å². The second-order valence-corrected chi connectivity index (χ2v) is 2.39. The summed E-state index contributed by atoms with van der Waals surface area (Å²) in [5.74, 6) is 5.31. The molecule has 1 rings (SSSR count). The quantitative estimate of drug-likeness (QED) is 0.366. The lowest BCUT2D eigenvalue weighted by Gasteiger charge is -1.96. The molecule has 0 aliphatic heterocycles. The zero-order valence-corrected chi connectivity index (χ0v) is 7.23. The third-order valence-electron chi connectivity index (χ3n) is 1.44. The molecular weight excluding hydrogens is 184 g/mol. The van der Waals surface area contributed by atoms with Crippen molar-refractivity contribution in [2.45, 2.75) is 0 Å². The lowest BCUT2D eigenvalue weighted by Crippen LogP contribution is -1.98. The van der Waals surface area contributed by atoms with Gasteiger partial charge >= 0.3 is 0 Å². The number of hydrogen-bond donors (Lipinski definition) is 2. The molecule has 0 aromatic carbocycles. The summed E-state index contributed by atoms with van der Waals surface area (Å²) in [5.41, 5.74) is 10.8. The number of anilines is 1. The maximum absolute atomic E-state index is 10.4. The Bertz CT molecular complexity index is 419. The number of nitrogen functional groups attached to an aromatic ring is 1. The minimum Gasteiger partial charge on any atom is -0.383 e. The van der Waals surface area contributed by atoms with Crippen molar-refractivity contribution < 1.29 is 4.92 Å². The first kappa shape index (κ1) is 9.95. The van der Waals surface area contributed by atoms with Crippen LogP contribution in [0.25, 0.3) is 0 Å². The minimum atomic E-state index is -0.555. The second-order valence-electron chi connectivity index (χ2n) is 2.39. The van der Waals surface area contributed by atoms with Crippen molar-refractivity contribution in [1.82, 2.24) is 4.98 Å². The summed E-state index contributed by atoms with van der Waals surface area (Å²) in [6, 6.07) is 1.27. The van der Waals surface area contributed by atoms with Crippen LogP contribution in [0.2, 0.25) is 0 Å². The predicted molar refractivity (Wildman–Crippen MR) is 51.2 cm³/mol. The van der Waals surface area contributed by atoms with Crippen LogP contribution in [0.4, 0.5) is 11.5 Å². The molecule has 72 valence electrons. The van der Waals surface area contributed by atoms with Crippen molar-refractivity contribution in [2.24, 2.45) is 5.73 Å². The van der Waals surface area contributed by atoms with Crippen LogP contribution in [0.1, 0.15) is 5.56 Å². The number of nitro groups is 1. The van der Waals surface area contributed by atoms with Crippen LogP contribution in [0.15, 0.2) is 12.3 Å². The normalized spacial score (nSPS) is 8.93. The van der Waals surface area contributed by atoms with E-state index in [0.717, 1.165) is 6.20 Å². The zero-order chi connectivity index (χ0) is 10.6. The highest BCUT2D eigenvalue weighted by Crippen LogP contribution is 2.15. The smallest absolute Gasteiger partial charge is 0.288 e. The Kier molecular flexibility index (Phi) is 2.99. The predicted octanol–water partition coefficient (Wildman–Crippen LogP) is -0.118. The van der Waals surface area contributed by atoms with Crippen molar-refractivity contribution in [1.29, 1.82) is 0 Å². The van der Waals surface area contributed by atoms with Gasteiger partial charge in [0.1, 0.15) is 12.0 Å². The van der Waals surface area contributed by atoms with Crippen LogP contribution in [-0.2, 0) is 0 Å². The molecule has 0 radical (unpaired) electrons. The summed E-state index contributed by atoms with van der Waals surface area (Å²) in [6.45, 7) is 0.169. The van der Waals surface area contributed by atoms with Crippen molar-refractivity contribution in [3.63, 3.8) is 0 Å². The molecule has 0 atom stereocenters. The van der Waals surface area contributed by atoms with E-state index in [9.17, 15) is 10.1 Å². The van der Waals surface area contributed by atoms with Gasteiger partial charge in [0.15, 0.2) is 0 Å². The highest BCUT2D eigenvalue weighted by molar-refractivity contribution is 5.54. The van der Waals surface area contributed by atoms with E-state index in [1.54, 1.807) is 0 Å². The summed E-state index contributed by atoms with van der Waals surface area (Å²) >= 11 is 0. The van der Waals surface area contributed by atoms with Crippen LogP contribution < -0.4 is 11.5 Å². The SMILES string of the molecule is NCC#Cc1cc([N+](=O)[O-])cnc1N. The number of aromatic nitrogens is 1. The van der Waals surface area contributed by atoms with Gasteiger partial charge in [0.05, 0.1) is 17.0 Å². The van der Waals surface area contributed by atoms with Crippen LogP contribution in [-0.4, -0.2) is 16.5 Å². The summed E-state index contributed by atoms with van der Waals surface area (Å²) in [4.78, 5) is 13.5. The Balaban J connectivity index is 3.14. The fourth-order valence-corrected chi connectivity index (χ4v) is 0.811. The van der Waals surface area contributed by atoms with Crippen molar-refractivity contribution >= 4 is 11.5 Å². The standard InChI is InChI=1S/C8H8N4O2/c9-3-1-2-6-4-7(12(13)14)5-11-8(6)10/h4-5H,3,9H2,(H2,10,11). The summed E-state index contributed by atoms with van der Waals surface area (Å²) < 4.78 is 0. The molecule has 1 aromatic heterocycles. The number of nitrogens with zero attached hydrogens (tertiary/aromatic N) is 2. The van der Waals surface area contributed by atoms with Crippen molar-refractivity contribution in [3.8, 4) is 11.8 Å². The fourth-order valence-electron chi connectivity index (χ4n) is 0.811. The number of nitrogens with two attached hydrogens (primary N) is 2. The molecule has 0 aliphatic rings. The van der Waals surface area contributed by atoms with Crippen LogP contribution >= 0.6 is 0 Å². The first-order valence-electron chi connectivity index (χ1n) is 3.74. The summed E-state index contributed by atoms with van der Waals surface area (Å²) in [7, 11) is 0. The van der Waals surface area contributed by atoms with Crippen LogP contribution in [0.3, 0.4) is 0 Å². The minimum absolute atomic E-state index is 0.138. The van der Waals surface area contributed by atoms with E-state index in [2.05, 4.69) is 16.8 Å². The van der Waals surface area contributed by atoms with Gasteiger partial charge < -0.3 is 11.5 Å². The van der Waals surface area contributed by atoms with Gasteiger partial charge in [-0.05, 0) is 0 Å². The largest absolute Gasteiger partial charge is 0.383 e. The molecule has 0 bridgehead atoms. The topological polar surface area (TPSA) is 108 Å². The number of rotatable bonds is 1. The first-order valence-corrected chi connectivity index (χ1v) is 3.74. The van der Waals surface area contributed by atoms with Gasteiger partial charge in [0, 0.05) is 6.07 Å². The molecule has 0 saturated carbocycles. The van der Waals surface area contributed by atoms with Gasteiger partial charge in [0.25, 0.3) is 5.69 Å². The van der Waals surface area contributed by atoms with Crippen molar-refractivity contribution in [2.75, 3.05) is 12.3 Å². The van der Waals surface area contributed by atoms with Gasteiger partial charge in [-0.3, -0.25) is 10.1 Å². The first-order chi connectivity index (χ1) is 6.65. The Morgan fingerprint density at radius 2 is 2.36 bits per heavy atom. The molecule has 0 unspecified atom stereocenters. The van der Waals surface area contributed by atoms with E-state index >= 15 is 0 Å². The summed E-state index contributed by atoms with van der Waals surface area (Å²) in [6.07, 6.45) is 1.09. The zero-order valence-electron chi connectivity index (χ0n) is 7.23. The van der Waals surface area contributed by atoms with E-state index in [4.69, 9.17) is 11.5 Å². The van der Waals surface area contributed by atoms with Gasteiger partial charge in [-0.15, -0.1) is 0 Å². The third kappa shape index (κ3) is 2.18. The van der Waals surface area contributed by atoms with Crippen LogP contribution in [0.5, 0.6) is 0 Å². The summed E-state index contributed by atoms with van der Waals surface area (Å²) in [5, 5.41) is 10.4. The Morgan fingerprint density at radius 1 is 1.64 bits per heavy atom. The maximum atomic E-state index is 10.4. The number of hydrogen-bond acceptors (Lipinski definition) is 5. The van der Waals surface area contributed by atoms with Gasteiger partial charge in [-0.2, -0.15) is 0 Å². The Morgan fingerprint density at radius 3 is 2.93 bits per heavy atom. The van der Waals surface area contributed by atoms with E-state index in [1.807, 2.05) is 0 Å². The molecule has 0 saturated heterocycles. The highest BCUT2D eigenvalue weighted by Gasteiger charge is 2.08. The molecule has 14 heavy (non-hydrogen) atoms. The average Bonchev–Trinajstić information content (AvgIpc) is 2.16. The van der Waals surface area contributed by atoms with Gasteiger partial charge in [0.2, 0.25) is 0 Å². The number of pyridine rings is 1. The molecule has 0 aliphatic carbocycles. The van der Waals surface area contributed by atoms with E-state index in [1.165, 1.54) is 6.07 Å². The molecule has 0 spiro atoms. The molecule has 0 fully saturated rings. The Hall–Kier alpha value is -2.13. The third-order valence-corrected chi connectivity index (χ3v) is 1.44. The highest BCUT2D eigenvalue weighted by atomic mass is 16.6. The Labute approximate surface area is 80.1 Å².